The van der Waals surface area contributed by atoms with Gasteiger partial charge in [-0.2, -0.15) is 0 Å². The van der Waals surface area contributed by atoms with Crippen molar-refractivity contribution >= 4 is 15.7 Å². The van der Waals surface area contributed by atoms with Crippen LogP contribution in [0.15, 0.2) is 23.1 Å². The van der Waals surface area contributed by atoms with Crippen molar-refractivity contribution in [2.24, 2.45) is 5.14 Å². The Balaban J connectivity index is 2.31. The fourth-order valence-corrected chi connectivity index (χ4v) is 2.63. The van der Waals surface area contributed by atoms with E-state index in [0.717, 1.165) is 30.8 Å². The van der Waals surface area contributed by atoms with Gasteiger partial charge in [0.2, 0.25) is 10.0 Å². The van der Waals surface area contributed by atoms with Crippen molar-refractivity contribution in [3.05, 3.63) is 23.8 Å². The standard InChI is InChI=1S/C11H16N2O3S/c12-17(15,16)10-3-2-9-4-6-13(5-1-7-14)11(9)8-10/h2-3,8,14H,1,4-7H2,(H2,12,15,16). The van der Waals surface area contributed by atoms with E-state index in [-0.39, 0.29) is 11.5 Å². The number of hydrogen-bond acceptors (Lipinski definition) is 4. The third kappa shape index (κ3) is 2.59. The molecule has 1 heterocycles. The molecule has 5 nitrogen and oxygen atoms in total. The zero-order valence-electron chi connectivity index (χ0n) is 9.46. The van der Waals surface area contributed by atoms with Gasteiger partial charge in [-0.15, -0.1) is 0 Å². The van der Waals surface area contributed by atoms with Crippen LogP contribution < -0.4 is 10.0 Å². The summed E-state index contributed by atoms with van der Waals surface area (Å²) < 4.78 is 22.5. The van der Waals surface area contributed by atoms with Gasteiger partial charge in [0.15, 0.2) is 0 Å². The lowest BCUT2D eigenvalue weighted by molar-refractivity contribution is 0.290. The van der Waals surface area contributed by atoms with Crippen LogP contribution in [0.4, 0.5) is 5.69 Å². The number of nitrogens with zero attached hydrogens (tertiary/aromatic N) is 1. The average Bonchev–Trinajstić information content (AvgIpc) is 2.67. The molecule has 0 saturated carbocycles. The molecular weight excluding hydrogens is 240 g/mol. The Morgan fingerprint density at radius 1 is 1.41 bits per heavy atom. The Bertz CT molecular complexity index is 513. The summed E-state index contributed by atoms with van der Waals surface area (Å²) in [6.07, 6.45) is 1.59. The molecule has 0 fully saturated rings. The molecular formula is C11H16N2O3S. The minimum atomic E-state index is -3.64. The maximum Gasteiger partial charge on any atom is 0.238 e. The van der Waals surface area contributed by atoms with Crippen molar-refractivity contribution in [2.45, 2.75) is 17.7 Å². The number of nitrogens with two attached hydrogens (primary N) is 1. The van der Waals surface area contributed by atoms with Gasteiger partial charge in [-0.25, -0.2) is 13.6 Å². The van der Waals surface area contributed by atoms with Crippen molar-refractivity contribution in [3.8, 4) is 0 Å². The SMILES string of the molecule is NS(=O)(=O)c1ccc2c(c1)N(CCCO)CC2. The minimum absolute atomic E-state index is 0.140. The zero-order valence-corrected chi connectivity index (χ0v) is 10.3. The van der Waals surface area contributed by atoms with Crippen LogP contribution in [0, 0.1) is 0 Å². The zero-order chi connectivity index (χ0) is 12.5. The van der Waals surface area contributed by atoms with E-state index in [2.05, 4.69) is 4.90 Å². The van der Waals surface area contributed by atoms with Gasteiger partial charge >= 0.3 is 0 Å². The summed E-state index contributed by atoms with van der Waals surface area (Å²) in [6, 6.07) is 4.98. The molecule has 1 aliphatic rings. The van der Waals surface area contributed by atoms with Crippen LogP contribution in [0.3, 0.4) is 0 Å². The summed E-state index contributed by atoms with van der Waals surface area (Å²) in [6.45, 7) is 1.74. The second-order valence-corrected chi connectivity index (χ2v) is 5.71. The fraction of sp³-hybridized carbons (Fsp3) is 0.455. The maximum absolute atomic E-state index is 11.3. The van der Waals surface area contributed by atoms with Crippen LogP contribution in [-0.2, 0) is 16.4 Å². The average molecular weight is 256 g/mol. The van der Waals surface area contributed by atoms with Crippen molar-refractivity contribution < 1.29 is 13.5 Å². The summed E-state index contributed by atoms with van der Waals surface area (Å²) in [7, 11) is -3.64. The number of anilines is 1. The third-order valence-corrected chi connectivity index (χ3v) is 3.87. The number of sulfonamides is 1. The predicted molar refractivity (Wildman–Crippen MR) is 65.4 cm³/mol. The van der Waals surface area contributed by atoms with E-state index in [1.54, 1.807) is 12.1 Å². The summed E-state index contributed by atoms with van der Waals surface area (Å²) in [5.74, 6) is 0. The van der Waals surface area contributed by atoms with E-state index in [4.69, 9.17) is 10.2 Å². The molecule has 0 amide bonds. The topological polar surface area (TPSA) is 83.6 Å². The molecule has 94 valence electrons. The van der Waals surface area contributed by atoms with Gasteiger partial charge in [0.05, 0.1) is 4.90 Å². The summed E-state index contributed by atoms with van der Waals surface area (Å²) in [5.41, 5.74) is 2.06. The number of aliphatic hydroxyl groups excluding tert-OH is 1. The fourth-order valence-electron chi connectivity index (χ4n) is 2.10. The number of primary sulfonamides is 1. The molecule has 2 rings (SSSR count). The summed E-state index contributed by atoms with van der Waals surface area (Å²) >= 11 is 0. The van der Waals surface area contributed by atoms with Crippen LogP contribution in [0.5, 0.6) is 0 Å². The van der Waals surface area contributed by atoms with Crippen LogP contribution in [0.2, 0.25) is 0 Å². The van der Waals surface area contributed by atoms with E-state index in [1.165, 1.54) is 0 Å². The van der Waals surface area contributed by atoms with E-state index < -0.39 is 10.0 Å². The minimum Gasteiger partial charge on any atom is -0.396 e. The van der Waals surface area contributed by atoms with E-state index in [0.29, 0.717) is 6.42 Å². The normalized spacial score (nSPS) is 15.1. The van der Waals surface area contributed by atoms with Crippen LogP contribution in [0.1, 0.15) is 12.0 Å². The first-order valence-electron chi connectivity index (χ1n) is 5.54. The van der Waals surface area contributed by atoms with Gasteiger partial charge in [-0.3, -0.25) is 0 Å². The van der Waals surface area contributed by atoms with Crippen LogP contribution >= 0.6 is 0 Å². The smallest absolute Gasteiger partial charge is 0.238 e. The molecule has 6 heteroatoms. The monoisotopic (exact) mass is 256 g/mol. The number of rotatable bonds is 4. The number of hydrogen-bond donors (Lipinski definition) is 2. The molecule has 0 saturated heterocycles. The Hall–Kier alpha value is -1.11. The first-order valence-corrected chi connectivity index (χ1v) is 7.08. The Labute approximate surface area is 101 Å². The largest absolute Gasteiger partial charge is 0.396 e. The van der Waals surface area contributed by atoms with Crippen LogP contribution in [0.25, 0.3) is 0 Å². The number of aliphatic hydroxyl groups is 1. The molecule has 0 radical (unpaired) electrons. The van der Waals surface area contributed by atoms with Crippen molar-refractivity contribution in [3.63, 3.8) is 0 Å². The predicted octanol–water partition coefficient (Wildman–Crippen LogP) is 0.0789. The molecule has 0 atom stereocenters. The molecule has 3 N–H and O–H groups in total. The molecule has 1 aromatic carbocycles. The quantitative estimate of drug-likeness (QED) is 0.799. The van der Waals surface area contributed by atoms with Gasteiger partial charge in [0.1, 0.15) is 0 Å². The number of fused-ring (bicyclic) bond motifs is 1. The van der Waals surface area contributed by atoms with E-state index in [9.17, 15) is 8.42 Å². The van der Waals surface area contributed by atoms with Gasteiger partial charge < -0.3 is 10.0 Å². The van der Waals surface area contributed by atoms with Gasteiger partial charge in [0.25, 0.3) is 0 Å². The number of benzene rings is 1. The summed E-state index contributed by atoms with van der Waals surface area (Å²) in [4.78, 5) is 2.23. The second-order valence-electron chi connectivity index (χ2n) is 4.15. The first-order chi connectivity index (χ1) is 8.02. The molecule has 0 spiro atoms. The summed E-state index contributed by atoms with van der Waals surface area (Å²) in [5, 5.41) is 13.9. The van der Waals surface area contributed by atoms with Crippen molar-refractivity contribution in [1.29, 1.82) is 0 Å². The highest BCUT2D eigenvalue weighted by Crippen LogP contribution is 2.30. The molecule has 1 aromatic rings. The van der Waals surface area contributed by atoms with Gasteiger partial charge in [0, 0.05) is 25.4 Å². The Morgan fingerprint density at radius 2 is 2.18 bits per heavy atom. The molecule has 0 unspecified atom stereocenters. The molecule has 0 aliphatic carbocycles. The lowest BCUT2D eigenvalue weighted by Gasteiger charge is -2.19. The molecule has 1 aliphatic heterocycles. The van der Waals surface area contributed by atoms with Crippen molar-refractivity contribution in [1.82, 2.24) is 0 Å². The highest BCUT2D eigenvalue weighted by molar-refractivity contribution is 7.89. The maximum atomic E-state index is 11.3. The molecule has 0 bridgehead atoms. The lowest BCUT2D eigenvalue weighted by Crippen LogP contribution is -2.22. The third-order valence-electron chi connectivity index (χ3n) is 2.96. The highest BCUT2D eigenvalue weighted by Gasteiger charge is 2.20. The van der Waals surface area contributed by atoms with Gasteiger partial charge in [-0.05, 0) is 30.5 Å². The Kier molecular flexibility index (Phi) is 3.37. The molecule has 0 aromatic heterocycles. The highest BCUT2D eigenvalue weighted by atomic mass is 32.2. The second kappa shape index (κ2) is 4.64. The first kappa shape index (κ1) is 12.3. The Morgan fingerprint density at radius 3 is 2.82 bits per heavy atom. The van der Waals surface area contributed by atoms with Crippen LogP contribution in [-0.4, -0.2) is 33.2 Å². The van der Waals surface area contributed by atoms with Crippen molar-refractivity contribution in [2.75, 3.05) is 24.6 Å². The van der Waals surface area contributed by atoms with E-state index in [1.807, 2.05) is 6.07 Å². The molecule has 17 heavy (non-hydrogen) atoms. The lowest BCUT2D eigenvalue weighted by atomic mass is 10.2. The van der Waals surface area contributed by atoms with Gasteiger partial charge in [-0.1, -0.05) is 6.07 Å². The van der Waals surface area contributed by atoms with E-state index >= 15 is 0 Å².